The van der Waals surface area contributed by atoms with Gasteiger partial charge < -0.3 is 5.32 Å². The molecule has 0 atom stereocenters. The largest absolute Gasteiger partial charge is 0.309 e. The monoisotopic (exact) mass is 205 g/mol. The van der Waals surface area contributed by atoms with Gasteiger partial charge >= 0.3 is 0 Å². The lowest BCUT2D eigenvalue weighted by Gasteiger charge is -2.40. The van der Waals surface area contributed by atoms with Crippen molar-refractivity contribution in [3.63, 3.8) is 0 Å². The van der Waals surface area contributed by atoms with E-state index in [0.29, 0.717) is 24.7 Å². The maximum Gasteiger partial charge on any atom is 0.256 e. The molecule has 1 nitrogen and oxygen atoms in total. The smallest absolute Gasteiger partial charge is 0.256 e. The number of nitrogens with one attached hydrogen (secondary N) is 1. The SMILES string of the molecule is CNC1(C(F)F)CCC(C(C)C)CC1. The number of alkyl halides is 2. The Morgan fingerprint density at radius 2 is 1.71 bits per heavy atom. The highest BCUT2D eigenvalue weighted by molar-refractivity contribution is 4.94. The summed E-state index contributed by atoms with van der Waals surface area (Å²) in [7, 11) is 1.65. The van der Waals surface area contributed by atoms with Crippen LogP contribution in [0.4, 0.5) is 8.78 Å². The molecule has 1 saturated carbocycles. The Morgan fingerprint density at radius 3 is 2.00 bits per heavy atom. The first-order chi connectivity index (χ1) is 6.52. The molecule has 1 aliphatic rings. The standard InChI is InChI=1S/C11H21F2N/c1-8(2)9-4-6-11(14-3,7-5-9)10(12)13/h8-10,14H,4-7H2,1-3H3. The number of hydrogen-bond acceptors (Lipinski definition) is 1. The molecule has 1 fully saturated rings. The van der Waals surface area contributed by atoms with Crippen LogP contribution in [0.15, 0.2) is 0 Å². The molecule has 0 unspecified atom stereocenters. The van der Waals surface area contributed by atoms with Crippen LogP contribution in [0.1, 0.15) is 39.5 Å². The molecule has 0 saturated heterocycles. The van der Waals surface area contributed by atoms with E-state index in [1.54, 1.807) is 7.05 Å². The van der Waals surface area contributed by atoms with Gasteiger partial charge in [-0.3, -0.25) is 0 Å². The number of halogens is 2. The minimum absolute atomic E-state index is 0.615. The van der Waals surface area contributed by atoms with E-state index in [2.05, 4.69) is 19.2 Å². The van der Waals surface area contributed by atoms with Crippen molar-refractivity contribution in [3.8, 4) is 0 Å². The van der Waals surface area contributed by atoms with Crippen LogP contribution in [0, 0.1) is 11.8 Å². The highest BCUT2D eigenvalue weighted by Gasteiger charge is 2.41. The molecule has 84 valence electrons. The third-order valence-corrected chi connectivity index (χ3v) is 3.78. The van der Waals surface area contributed by atoms with Gasteiger partial charge in [-0.25, -0.2) is 8.78 Å². The summed E-state index contributed by atoms with van der Waals surface area (Å²) < 4.78 is 25.7. The van der Waals surface area contributed by atoms with Gasteiger partial charge in [-0.2, -0.15) is 0 Å². The van der Waals surface area contributed by atoms with E-state index in [4.69, 9.17) is 0 Å². The Morgan fingerprint density at radius 1 is 1.21 bits per heavy atom. The predicted molar refractivity (Wildman–Crippen MR) is 54.6 cm³/mol. The summed E-state index contributed by atoms with van der Waals surface area (Å²) in [5.41, 5.74) is -0.897. The van der Waals surface area contributed by atoms with E-state index in [1.165, 1.54) is 0 Å². The molecule has 0 radical (unpaired) electrons. The van der Waals surface area contributed by atoms with Crippen molar-refractivity contribution >= 4 is 0 Å². The fraction of sp³-hybridized carbons (Fsp3) is 1.00. The Kier molecular flexibility index (Phi) is 3.87. The number of rotatable bonds is 3. The molecule has 0 aliphatic heterocycles. The molecule has 1 aliphatic carbocycles. The van der Waals surface area contributed by atoms with E-state index in [9.17, 15) is 8.78 Å². The van der Waals surface area contributed by atoms with Crippen LogP contribution in [0.2, 0.25) is 0 Å². The van der Waals surface area contributed by atoms with Crippen LogP contribution in [-0.2, 0) is 0 Å². The van der Waals surface area contributed by atoms with Crippen molar-refractivity contribution in [3.05, 3.63) is 0 Å². The molecule has 0 spiro atoms. The summed E-state index contributed by atoms with van der Waals surface area (Å²) in [6.07, 6.45) is 0.861. The van der Waals surface area contributed by atoms with E-state index in [0.717, 1.165) is 12.8 Å². The van der Waals surface area contributed by atoms with Crippen LogP contribution >= 0.6 is 0 Å². The molecule has 0 aromatic carbocycles. The Hall–Kier alpha value is -0.180. The van der Waals surface area contributed by atoms with E-state index >= 15 is 0 Å². The zero-order chi connectivity index (χ0) is 10.8. The zero-order valence-electron chi connectivity index (χ0n) is 9.32. The predicted octanol–water partition coefficient (Wildman–Crippen LogP) is 3.06. The van der Waals surface area contributed by atoms with Gasteiger partial charge in [0.15, 0.2) is 0 Å². The summed E-state index contributed by atoms with van der Waals surface area (Å²) in [5, 5.41) is 2.83. The molecule has 0 aromatic rings. The minimum atomic E-state index is -2.24. The van der Waals surface area contributed by atoms with Gasteiger partial charge in [0.2, 0.25) is 0 Å². The van der Waals surface area contributed by atoms with Crippen molar-refractivity contribution in [1.29, 1.82) is 0 Å². The summed E-state index contributed by atoms with van der Waals surface area (Å²) in [5.74, 6) is 1.26. The first kappa shape index (κ1) is 11.9. The first-order valence-corrected chi connectivity index (χ1v) is 5.49. The Bertz CT molecular complexity index is 172. The molecule has 0 amide bonds. The highest BCUT2D eigenvalue weighted by atomic mass is 19.3. The Balaban J connectivity index is 2.55. The summed E-state index contributed by atoms with van der Waals surface area (Å²) in [4.78, 5) is 0. The molecule has 0 bridgehead atoms. The second-order valence-electron chi connectivity index (χ2n) is 4.79. The van der Waals surface area contributed by atoms with Crippen molar-refractivity contribution in [2.75, 3.05) is 7.05 Å². The van der Waals surface area contributed by atoms with Crippen molar-refractivity contribution in [2.24, 2.45) is 11.8 Å². The third kappa shape index (κ3) is 2.25. The van der Waals surface area contributed by atoms with E-state index in [-0.39, 0.29) is 0 Å². The van der Waals surface area contributed by atoms with Gasteiger partial charge in [-0.05, 0) is 44.6 Å². The van der Waals surface area contributed by atoms with Gasteiger partial charge in [0.1, 0.15) is 0 Å². The maximum atomic E-state index is 12.8. The van der Waals surface area contributed by atoms with Crippen molar-refractivity contribution in [1.82, 2.24) is 5.32 Å². The second-order valence-corrected chi connectivity index (χ2v) is 4.79. The lowest BCUT2D eigenvalue weighted by molar-refractivity contribution is -0.00202. The second kappa shape index (κ2) is 4.56. The first-order valence-electron chi connectivity index (χ1n) is 5.49. The highest BCUT2D eigenvalue weighted by Crippen LogP contribution is 2.38. The fourth-order valence-electron chi connectivity index (χ4n) is 2.40. The van der Waals surface area contributed by atoms with E-state index in [1.807, 2.05) is 0 Å². The lowest BCUT2D eigenvalue weighted by Crippen LogP contribution is -2.52. The van der Waals surface area contributed by atoms with Crippen LogP contribution in [0.3, 0.4) is 0 Å². The van der Waals surface area contributed by atoms with Crippen LogP contribution < -0.4 is 5.32 Å². The van der Waals surface area contributed by atoms with E-state index < -0.39 is 12.0 Å². The average Bonchev–Trinajstić information content (AvgIpc) is 2.17. The third-order valence-electron chi connectivity index (χ3n) is 3.78. The number of hydrogen-bond donors (Lipinski definition) is 1. The van der Waals surface area contributed by atoms with Gasteiger partial charge in [-0.15, -0.1) is 0 Å². The average molecular weight is 205 g/mol. The normalized spacial score (nSPS) is 34.1. The zero-order valence-corrected chi connectivity index (χ0v) is 9.32. The lowest BCUT2D eigenvalue weighted by atomic mass is 9.73. The molecule has 3 heteroatoms. The van der Waals surface area contributed by atoms with Crippen molar-refractivity contribution < 1.29 is 8.78 Å². The molecular formula is C11H21F2N. The minimum Gasteiger partial charge on any atom is -0.309 e. The van der Waals surface area contributed by atoms with Gasteiger partial charge in [0.05, 0.1) is 5.54 Å². The van der Waals surface area contributed by atoms with Crippen LogP contribution in [-0.4, -0.2) is 19.0 Å². The molecule has 14 heavy (non-hydrogen) atoms. The van der Waals surface area contributed by atoms with Crippen LogP contribution in [0.25, 0.3) is 0 Å². The summed E-state index contributed by atoms with van der Waals surface area (Å²) >= 11 is 0. The molecule has 1 rings (SSSR count). The van der Waals surface area contributed by atoms with Gasteiger partial charge in [-0.1, -0.05) is 13.8 Å². The maximum absolute atomic E-state index is 12.8. The molecule has 0 aromatic heterocycles. The van der Waals surface area contributed by atoms with Crippen molar-refractivity contribution in [2.45, 2.75) is 51.5 Å². The molecule has 1 N–H and O–H groups in total. The Labute approximate surface area is 85.3 Å². The fourth-order valence-corrected chi connectivity index (χ4v) is 2.40. The summed E-state index contributed by atoms with van der Waals surface area (Å²) in [6.45, 7) is 4.36. The topological polar surface area (TPSA) is 12.0 Å². The van der Waals surface area contributed by atoms with Crippen LogP contribution in [0.5, 0.6) is 0 Å². The summed E-state index contributed by atoms with van der Waals surface area (Å²) in [6, 6.07) is 0. The molecule has 0 heterocycles. The molecular weight excluding hydrogens is 184 g/mol. The van der Waals surface area contributed by atoms with Gasteiger partial charge in [0.25, 0.3) is 6.43 Å². The quantitative estimate of drug-likeness (QED) is 0.746. The van der Waals surface area contributed by atoms with Gasteiger partial charge in [0, 0.05) is 0 Å².